The van der Waals surface area contributed by atoms with Crippen LogP contribution in [-0.4, -0.2) is 35.4 Å². The summed E-state index contributed by atoms with van der Waals surface area (Å²) in [6, 6.07) is 17.0. The number of amides is 1. The molecule has 2 aromatic heterocycles. The van der Waals surface area contributed by atoms with Gasteiger partial charge in [-0.05, 0) is 57.2 Å². The van der Waals surface area contributed by atoms with E-state index in [4.69, 9.17) is 19.9 Å². The summed E-state index contributed by atoms with van der Waals surface area (Å²) in [6.45, 7) is 4.97. The van der Waals surface area contributed by atoms with E-state index < -0.39 is 17.5 Å². The molecule has 0 aliphatic rings. The quantitative estimate of drug-likeness (QED) is 0.269. The van der Waals surface area contributed by atoms with Crippen molar-refractivity contribution in [2.75, 3.05) is 30.1 Å². The summed E-state index contributed by atoms with van der Waals surface area (Å²) >= 11 is 0. The standard InChI is InChI=1S/C27H29N5O5/c1-17-22(31-26(34)36-16-27(2,3)25(33)35-4)15-32-24(17)23(21(28)14-29-32)30-18-10-12-20(13-11-18)37-19-8-6-5-7-9-19/h5-15,30H,16,28H2,1-4H3,(H,31,34). The molecule has 0 spiro atoms. The van der Waals surface area contributed by atoms with E-state index in [1.54, 1.807) is 24.6 Å². The number of anilines is 4. The number of hydrogen-bond acceptors (Lipinski definition) is 8. The highest BCUT2D eigenvalue weighted by Crippen LogP contribution is 2.34. The summed E-state index contributed by atoms with van der Waals surface area (Å²) in [7, 11) is 1.29. The largest absolute Gasteiger partial charge is 0.469 e. The van der Waals surface area contributed by atoms with Gasteiger partial charge >= 0.3 is 12.1 Å². The Morgan fingerprint density at radius 1 is 1.05 bits per heavy atom. The van der Waals surface area contributed by atoms with E-state index in [0.717, 1.165) is 17.0 Å². The maximum Gasteiger partial charge on any atom is 0.411 e. The van der Waals surface area contributed by atoms with Crippen molar-refractivity contribution in [3.05, 3.63) is 72.6 Å². The third kappa shape index (κ3) is 5.75. The first-order chi connectivity index (χ1) is 17.7. The Balaban J connectivity index is 1.51. The molecule has 0 radical (unpaired) electrons. The molecule has 0 saturated carbocycles. The number of methoxy groups -OCH3 is 1. The van der Waals surface area contributed by atoms with Crippen molar-refractivity contribution in [3.63, 3.8) is 0 Å². The lowest BCUT2D eigenvalue weighted by molar-refractivity contribution is -0.152. The van der Waals surface area contributed by atoms with Crippen LogP contribution in [0.1, 0.15) is 19.4 Å². The average Bonchev–Trinajstić information content (AvgIpc) is 3.20. The Morgan fingerprint density at radius 2 is 1.73 bits per heavy atom. The number of esters is 1. The molecule has 10 heteroatoms. The second-order valence-electron chi connectivity index (χ2n) is 9.08. The van der Waals surface area contributed by atoms with Crippen LogP contribution < -0.4 is 21.1 Å². The number of benzene rings is 2. The van der Waals surface area contributed by atoms with Gasteiger partial charge in [0.1, 0.15) is 18.1 Å². The number of aromatic nitrogens is 2. The van der Waals surface area contributed by atoms with E-state index >= 15 is 0 Å². The van der Waals surface area contributed by atoms with Crippen LogP contribution in [0.5, 0.6) is 11.5 Å². The normalized spacial score (nSPS) is 11.1. The SMILES string of the molecule is COC(=O)C(C)(C)COC(=O)Nc1cn2ncc(N)c(Nc3ccc(Oc4ccccc4)cc3)c2c1C. The molecule has 4 aromatic rings. The van der Waals surface area contributed by atoms with Crippen LogP contribution in [0.3, 0.4) is 0 Å². The first-order valence-corrected chi connectivity index (χ1v) is 11.6. The number of nitrogens with two attached hydrogens (primary N) is 1. The van der Waals surface area contributed by atoms with Crippen LogP contribution in [0.25, 0.3) is 5.52 Å². The lowest BCUT2D eigenvalue weighted by Gasteiger charge is -2.20. The summed E-state index contributed by atoms with van der Waals surface area (Å²) in [5.41, 5.74) is 9.07. The molecule has 1 amide bonds. The lowest BCUT2D eigenvalue weighted by Crippen LogP contribution is -2.32. The number of para-hydroxylation sites is 1. The number of aryl methyl sites for hydroxylation is 1. The molecule has 0 aliphatic carbocycles. The first kappa shape index (κ1) is 25.4. The van der Waals surface area contributed by atoms with E-state index in [9.17, 15) is 9.59 Å². The fraction of sp³-hybridized carbons (Fsp3) is 0.222. The maximum atomic E-state index is 12.4. The second kappa shape index (κ2) is 10.5. The van der Waals surface area contributed by atoms with Crippen molar-refractivity contribution in [1.29, 1.82) is 0 Å². The van der Waals surface area contributed by atoms with Gasteiger partial charge in [-0.2, -0.15) is 5.10 Å². The van der Waals surface area contributed by atoms with Crippen LogP contribution in [0.15, 0.2) is 67.0 Å². The molecular formula is C27H29N5O5. The molecule has 0 unspecified atom stereocenters. The van der Waals surface area contributed by atoms with Gasteiger partial charge < -0.3 is 25.3 Å². The minimum Gasteiger partial charge on any atom is -0.469 e. The number of nitrogen functional groups attached to an aromatic ring is 1. The minimum atomic E-state index is -0.971. The fourth-order valence-electron chi connectivity index (χ4n) is 3.66. The van der Waals surface area contributed by atoms with Crippen molar-refractivity contribution >= 4 is 40.3 Å². The molecular weight excluding hydrogens is 474 g/mol. The average molecular weight is 504 g/mol. The third-order valence-corrected chi connectivity index (χ3v) is 5.73. The highest BCUT2D eigenvalue weighted by molar-refractivity contribution is 5.94. The smallest absolute Gasteiger partial charge is 0.411 e. The van der Waals surface area contributed by atoms with Crippen LogP contribution >= 0.6 is 0 Å². The van der Waals surface area contributed by atoms with Gasteiger partial charge in [-0.3, -0.25) is 10.1 Å². The molecule has 2 aromatic carbocycles. The summed E-state index contributed by atoms with van der Waals surface area (Å²) in [5.74, 6) is 0.976. The number of carbonyl (C=O) groups is 2. The minimum absolute atomic E-state index is 0.139. The Morgan fingerprint density at radius 3 is 2.41 bits per heavy atom. The Labute approximate surface area is 214 Å². The molecule has 4 rings (SSSR count). The summed E-state index contributed by atoms with van der Waals surface area (Å²) < 4.78 is 17.5. The van der Waals surface area contributed by atoms with Crippen LogP contribution in [0.2, 0.25) is 0 Å². The van der Waals surface area contributed by atoms with Gasteiger partial charge in [0.25, 0.3) is 0 Å². The Bertz CT molecular complexity index is 1410. The van der Waals surface area contributed by atoms with Crippen molar-refractivity contribution in [2.24, 2.45) is 5.41 Å². The van der Waals surface area contributed by atoms with Gasteiger partial charge in [-0.25, -0.2) is 9.31 Å². The lowest BCUT2D eigenvalue weighted by atomic mass is 9.95. The molecule has 0 atom stereocenters. The number of nitrogens with zero attached hydrogens (tertiary/aromatic N) is 2. The molecule has 0 saturated heterocycles. The van der Waals surface area contributed by atoms with E-state index in [1.165, 1.54) is 13.3 Å². The van der Waals surface area contributed by atoms with E-state index in [-0.39, 0.29) is 6.61 Å². The van der Waals surface area contributed by atoms with Gasteiger partial charge in [0.2, 0.25) is 0 Å². The van der Waals surface area contributed by atoms with Crippen LogP contribution in [0.4, 0.5) is 27.5 Å². The summed E-state index contributed by atoms with van der Waals surface area (Å²) in [4.78, 5) is 24.3. The predicted octanol–water partition coefficient (Wildman–Crippen LogP) is 5.51. The predicted molar refractivity (Wildman–Crippen MR) is 141 cm³/mol. The second-order valence-corrected chi connectivity index (χ2v) is 9.08. The zero-order valence-electron chi connectivity index (χ0n) is 21.1. The van der Waals surface area contributed by atoms with Crippen LogP contribution in [-0.2, 0) is 14.3 Å². The Hall–Kier alpha value is -4.73. The van der Waals surface area contributed by atoms with Crippen molar-refractivity contribution in [2.45, 2.75) is 20.8 Å². The Kier molecular flexibility index (Phi) is 7.19. The zero-order valence-corrected chi connectivity index (χ0v) is 21.1. The monoisotopic (exact) mass is 503 g/mol. The maximum absolute atomic E-state index is 12.4. The number of hydrogen-bond donors (Lipinski definition) is 3. The number of ether oxygens (including phenoxy) is 3. The van der Waals surface area contributed by atoms with Gasteiger partial charge in [-0.1, -0.05) is 18.2 Å². The van der Waals surface area contributed by atoms with Gasteiger partial charge in [0.15, 0.2) is 0 Å². The first-order valence-electron chi connectivity index (χ1n) is 11.6. The molecule has 0 fully saturated rings. The summed E-state index contributed by atoms with van der Waals surface area (Å²) in [5, 5.41) is 10.4. The molecule has 2 heterocycles. The zero-order chi connectivity index (χ0) is 26.6. The van der Waals surface area contributed by atoms with Crippen LogP contribution in [0, 0.1) is 12.3 Å². The van der Waals surface area contributed by atoms with E-state index in [0.29, 0.717) is 28.3 Å². The highest BCUT2D eigenvalue weighted by Gasteiger charge is 2.30. The van der Waals surface area contributed by atoms with Crippen molar-refractivity contribution in [1.82, 2.24) is 9.61 Å². The molecule has 37 heavy (non-hydrogen) atoms. The third-order valence-electron chi connectivity index (χ3n) is 5.73. The van der Waals surface area contributed by atoms with Crippen molar-refractivity contribution < 1.29 is 23.8 Å². The summed E-state index contributed by atoms with van der Waals surface area (Å²) in [6.07, 6.45) is 2.49. The fourth-order valence-corrected chi connectivity index (χ4v) is 3.66. The number of nitrogens with one attached hydrogen (secondary N) is 2. The van der Waals surface area contributed by atoms with E-state index in [2.05, 4.69) is 15.7 Å². The van der Waals surface area contributed by atoms with Crippen molar-refractivity contribution in [3.8, 4) is 11.5 Å². The number of carbonyl (C=O) groups excluding carboxylic acids is 2. The highest BCUT2D eigenvalue weighted by atomic mass is 16.6. The molecule has 0 aliphatic heterocycles. The van der Waals surface area contributed by atoms with Gasteiger partial charge in [0, 0.05) is 11.3 Å². The van der Waals surface area contributed by atoms with Gasteiger partial charge in [0.05, 0.1) is 47.5 Å². The molecule has 192 valence electrons. The molecule has 10 nitrogen and oxygen atoms in total. The molecule has 4 N–H and O–H groups in total. The number of fused-ring (bicyclic) bond motifs is 1. The van der Waals surface area contributed by atoms with E-state index in [1.807, 2.05) is 61.5 Å². The topological polar surface area (TPSA) is 129 Å². The number of rotatable bonds is 8. The van der Waals surface area contributed by atoms with Gasteiger partial charge in [-0.15, -0.1) is 0 Å². The molecule has 0 bridgehead atoms.